The predicted octanol–water partition coefficient (Wildman–Crippen LogP) is 4.86. The molecule has 3 rings (SSSR count). The number of aryl methyl sites for hydroxylation is 2. The van der Waals surface area contributed by atoms with E-state index in [1.807, 2.05) is 6.20 Å². The lowest BCUT2D eigenvalue weighted by Crippen LogP contribution is -2.27. The summed E-state index contributed by atoms with van der Waals surface area (Å²) < 4.78 is 2.44. The summed E-state index contributed by atoms with van der Waals surface area (Å²) in [6, 6.07) is 6.68. The summed E-state index contributed by atoms with van der Waals surface area (Å²) in [7, 11) is 2.07. The Morgan fingerprint density at radius 2 is 1.83 bits per heavy atom. The fourth-order valence-corrected chi connectivity index (χ4v) is 4.22. The summed E-state index contributed by atoms with van der Waals surface area (Å²) >= 11 is 0. The largest absolute Gasteiger partial charge is 0.341 e. The Kier molecular flexibility index (Phi) is 8.31. The van der Waals surface area contributed by atoms with E-state index in [0.717, 1.165) is 43.9 Å². The molecule has 0 saturated heterocycles. The van der Waals surface area contributed by atoms with Gasteiger partial charge in [-0.1, -0.05) is 26.8 Å². The number of rotatable bonds is 13. The maximum atomic E-state index is 5.00. The van der Waals surface area contributed by atoms with E-state index in [0.29, 0.717) is 0 Å². The number of hydrogen-bond donors (Lipinski definition) is 1. The molecule has 0 unspecified atom stereocenters. The minimum absolute atomic E-state index is 0.819. The third-order valence-electron chi connectivity index (χ3n) is 5.56. The first-order valence-electron chi connectivity index (χ1n) is 11.6. The molecular formula is C24H38N6. The number of hydrogen-bond acceptors (Lipinski definition) is 4. The zero-order valence-electron chi connectivity index (χ0n) is 19.2. The minimum Gasteiger partial charge on any atom is -0.341 e. The highest BCUT2D eigenvalue weighted by Gasteiger charge is 2.13. The predicted molar refractivity (Wildman–Crippen MR) is 126 cm³/mol. The van der Waals surface area contributed by atoms with Crippen LogP contribution in [0.1, 0.15) is 57.8 Å². The number of benzene rings is 1. The Bertz CT molecular complexity index is 877. The van der Waals surface area contributed by atoms with Crippen molar-refractivity contribution in [1.29, 1.82) is 0 Å². The molecule has 1 N–H and O–H groups in total. The number of imidazole rings is 2. The topological polar surface area (TPSA) is 53.0 Å². The molecule has 0 fully saturated rings. The summed E-state index contributed by atoms with van der Waals surface area (Å²) in [5.41, 5.74) is 3.65. The SMILES string of the molecule is CCCN(CCC)CCCc1nc2ccc(CN(C)c3ncc[nH]3)cc2n1CCC. The molecule has 6 nitrogen and oxygen atoms in total. The van der Waals surface area contributed by atoms with E-state index in [1.165, 1.54) is 49.3 Å². The average molecular weight is 411 g/mol. The van der Waals surface area contributed by atoms with Crippen LogP contribution in [0.2, 0.25) is 0 Å². The maximum Gasteiger partial charge on any atom is 0.202 e. The normalized spacial score (nSPS) is 11.6. The molecule has 0 amide bonds. The number of anilines is 1. The Labute approximate surface area is 181 Å². The Hall–Kier alpha value is -2.34. The van der Waals surface area contributed by atoms with Crippen LogP contribution in [-0.4, -0.2) is 51.1 Å². The lowest BCUT2D eigenvalue weighted by molar-refractivity contribution is 0.270. The van der Waals surface area contributed by atoms with Crippen molar-refractivity contribution in [2.75, 3.05) is 31.6 Å². The monoisotopic (exact) mass is 410 g/mol. The molecule has 1 aromatic carbocycles. The van der Waals surface area contributed by atoms with Gasteiger partial charge in [-0.05, 0) is 63.0 Å². The first kappa shape index (κ1) is 22.3. The standard InChI is InChI=1S/C24H38N6/c1-5-14-29(15-6-2)17-8-9-23-27-21-11-10-20(18-22(21)30(23)16-7-3)19-28(4)24-25-12-13-26-24/h10-13,18H,5-9,14-17,19H2,1-4H3,(H,25,26). The number of nitrogens with one attached hydrogen (secondary N) is 1. The molecule has 0 bridgehead atoms. The first-order chi connectivity index (χ1) is 14.7. The highest BCUT2D eigenvalue weighted by molar-refractivity contribution is 5.77. The number of fused-ring (bicyclic) bond motifs is 1. The molecule has 0 aliphatic carbocycles. The Morgan fingerprint density at radius 1 is 1.03 bits per heavy atom. The molecule has 0 spiro atoms. The van der Waals surface area contributed by atoms with Gasteiger partial charge in [-0.2, -0.15) is 0 Å². The van der Waals surface area contributed by atoms with Gasteiger partial charge < -0.3 is 19.4 Å². The van der Waals surface area contributed by atoms with Gasteiger partial charge >= 0.3 is 0 Å². The van der Waals surface area contributed by atoms with Gasteiger partial charge in [0.05, 0.1) is 11.0 Å². The van der Waals surface area contributed by atoms with Crippen LogP contribution in [0.15, 0.2) is 30.6 Å². The molecule has 3 aromatic rings. The van der Waals surface area contributed by atoms with E-state index in [1.54, 1.807) is 6.20 Å². The van der Waals surface area contributed by atoms with Gasteiger partial charge in [0.1, 0.15) is 5.82 Å². The molecule has 0 aliphatic rings. The average Bonchev–Trinajstić information content (AvgIpc) is 3.38. The van der Waals surface area contributed by atoms with Gasteiger partial charge in [0.2, 0.25) is 5.95 Å². The first-order valence-corrected chi connectivity index (χ1v) is 11.6. The fourth-order valence-electron chi connectivity index (χ4n) is 4.22. The van der Waals surface area contributed by atoms with Gasteiger partial charge in [-0.15, -0.1) is 0 Å². The fraction of sp³-hybridized carbons (Fsp3) is 0.583. The Balaban J connectivity index is 1.74. The lowest BCUT2D eigenvalue weighted by Gasteiger charge is -2.20. The van der Waals surface area contributed by atoms with E-state index < -0.39 is 0 Å². The quantitative estimate of drug-likeness (QED) is 0.437. The van der Waals surface area contributed by atoms with Crippen molar-refractivity contribution in [3.05, 3.63) is 42.0 Å². The van der Waals surface area contributed by atoms with Gasteiger partial charge in [0.15, 0.2) is 0 Å². The molecule has 0 radical (unpaired) electrons. The number of aromatic amines is 1. The van der Waals surface area contributed by atoms with Gasteiger partial charge in [0.25, 0.3) is 0 Å². The lowest BCUT2D eigenvalue weighted by atomic mass is 10.2. The van der Waals surface area contributed by atoms with E-state index >= 15 is 0 Å². The molecule has 0 atom stereocenters. The van der Waals surface area contributed by atoms with Crippen LogP contribution >= 0.6 is 0 Å². The van der Waals surface area contributed by atoms with Crippen LogP contribution in [0.5, 0.6) is 0 Å². The summed E-state index contributed by atoms with van der Waals surface area (Å²) in [6.45, 7) is 12.2. The summed E-state index contributed by atoms with van der Waals surface area (Å²) in [5, 5.41) is 0. The Morgan fingerprint density at radius 3 is 2.50 bits per heavy atom. The van der Waals surface area contributed by atoms with Crippen LogP contribution < -0.4 is 4.90 Å². The van der Waals surface area contributed by atoms with E-state index in [2.05, 4.69) is 70.4 Å². The van der Waals surface area contributed by atoms with Crippen molar-refractivity contribution < 1.29 is 0 Å². The zero-order valence-corrected chi connectivity index (χ0v) is 19.2. The molecule has 2 aromatic heterocycles. The van der Waals surface area contributed by atoms with E-state index in [9.17, 15) is 0 Å². The van der Waals surface area contributed by atoms with Crippen molar-refractivity contribution in [3.8, 4) is 0 Å². The van der Waals surface area contributed by atoms with Crippen molar-refractivity contribution in [2.24, 2.45) is 0 Å². The van der Waals surface area contributed by atoms with Crippen LogP contribution in [-0.2, 0) is 19.5 Å². The van der Waals surface area contributed by atoms with Gasteiger partial charge in [-0.25, -0.2) is 9.97 Å². The third kappa shape index (κ3) is 5.63. The second-order valence-corrected chi connectivity index (χ2v) is 8.22. The smallest absolute Gasteiger partial charge is 0.202 e. The van der Waals surface area contributed by atoms with Gasteiger partial charge in [-0.3, -0.25) is 0 Å². The van der Waals surface area contributed by atoms with E-state index in [4.69, 9.17) is 4.98 Å². The molecular weight excluding hydrogens is 372 g/mol. The molecule has 0 aliphatic heterocycles. The van der Waals surface area contributed by atoms with Crippen molar-refractivity contribution in [3.63, 3.8) is 0 Å². The highest BCUT2D eigenvalue weighted by atomic mass is 15.2. The van der Waals surface area contributed by atoms with Crippen molar-refractivity contribution >= 4 is 17.0 Å². The number of H-pyrrole nitrogens is 1. The summed E-state index contributed by atoms with van der Waals surface area (Å²) in [5.74, 6) is 2.12. The zero-order chi connectivity index (χ0) is 21.3. The minimum atomic E-state index is 0.819. The van der Waals surface area contributed by atoms with Crippen LogP contribution in [0.3, 0.4) is 0 Å². The molecule has 30 heavy (non-hydrogen) atoms. The van der Waals surface area contributed by atoms with Crippen LogP contribution in [0.4, 0.5) is 5.95 Å². The van der Waals surface area contributed by atoms with Crippen LogP contribution in [0.25, 0.3) is 11.0 Å². The van der Waals surface area contributed by atoms with Crippen LogP contribution in [0, 0.1) is 0 Å². The third-order valence-corrected chi connectivity index (χ3v) is 5.56. The second kappa shape index (κ2) is 11.2. The number of aromatic nitrogens is 4. The second-order valence-electron chi connectivity index (χ2n) is 8.22. The van der Waals surface area contributed by atoms with Crippen molar-refractivity contribution in [2.45, 2.75) is 66.0 Å². The summed E-state index contributed by atoms with van der Waals surface area (Å²) in [6.07, 6.45) is 9.43. The number of nitrogens with zero attached hydrogens (tertiary/aromatic N) is 5. The molecule has 0 saturated carbocycles. The maximum absolute atomic E-state index is 5.00. The summed E-state index contributed by atoms with van der Waals surface area (Å²) in [4.78, 5) is 17.3. The molecule has 164 valence electrons. The molecule has 2 heterocycles. The molecule has 6 heteroatoms. The van der Waals surface area contributed by atoms with Crippen molar-refractivity contribution in [1.82, 2.24) is 24.4 Å². The van der Waals surface area contributed by atoms with E-state index in [-0.39, 0.29) is 0 Å². The highest BCUT2D eigenvalue weighted by Crippen LogP contribution is 2.21. The van der Waals surface area contributed by atoms with Gasteiger partial charge in [0, 0.05) is 39.0 Å².